The van der Waals surface area contributed by atoms with Crippen LogP contribution in [0.1, 0.15) is 62.1 Å². The Kier molecular flexibility index (Phi) is 8.33. The van der Waals surface area contributed by atoms with Crippen molar-refractivity contribution in [1.82, 2.24) is 14.7 Å². The zero-order valence-corrected chi connectivity index (χ0v) is 20.7. The van der Waals surface area contributed by atoms with Crippen LogP contribution in [0.5, 0.6) is 5.75 Å². The minimum atomic E-state index is 0.000734. The number of benzene rings is 2. The summed E-state index contributed by atoms with van der Waals surface area (Å²) >= 11 is 0. The molecular formula is C28H39N3O2. The molecule has 0 radical (unpaired) electrons. The second-order valence-electron chi connectivity index (χ2n) is 9.17. The van der Waals surface area contributed by atoms with Crippen molar-refractivity contribution >= 4 is 5.91 Å². The Bertz CT molecular complexity index is 926. The summed E-state index contributed by atoms with van der Waals surface area (Å²) in [6.45, 7) is 18.0. The minimum Gasteiger partial charge on any atom is -0.508 e. The first-order valence-electron chi connectivity index (χ1n) is 12.1. The van der Waals surface area contributed by atoms with Gasteiger partial charge >= 0.3 is 0 Å². The van der Waals surface area contributed by atoms with Gasteiger partial charge in [-0.1, -0.05) is 30.3 Å². The number of hydrogen-bond acceptors (Lipinski definition) is 4. The molecular weight excluding hydrogens is 410 g/mol. The Balaban J connectivity index is 1.95. The van der Waals surface area contributed by atoms with Crippen LogP contribution in [-0.4, -0.2) is 70.0 Å². The lowest BCUT2D eigenvalue weighted by molar-refractivity contribution is 0.0109. The van der Waals surface area contributed by atoms with Crippen LogP contribution in [0.3, 0.4) is 0 Å². The second-order valence-corrected chi connectivity index (χ2v) is 9.17. The number of aromatic hydroxyl groups is 1. The predicted octanol–water partition coefficient (Wildman–Crippen LogP) is 4.93. The molecule has 0 saturated carbocycles. The van der Waals surface area contributed by atoms with Crippen molar-refractivity contribution in [3.63, 3.8) is 0 Å². The fourth-order valence-corrected chi connectivity index (χ4v) is 5.32. The highest BCUT2D eigenvalue weighted by atomic mass is 16.3. The second kappa shape index (κ2) is 11.0. The van der Waals surface area contributed by atoms with Gasteiger partial charge in [0, 0.05) is 49.9 Å². The highest BCUT2D eigenvalue weighted by Crippen LogP contribution is 2.34. The first-order chi connectivity index (χ1) is 15.8. The third kappa shape index (κ3) is 5.48. The van der Waals surface area contributed by atoms with E-state index >= 15 is 0 Å². The molecule has 0 aliphatic carbocycles. The molecule has 2 aromatic carbocycles. The maximum absolute atomic E-state index is 12.8. The fourth-order valence-electron chi connectivity index (χ4n) is 5.32. The molecule has 1 N–H and O–H groups in total. The van der Waals surface area contributed by atoms with E-state index in [-0.39, 0.29) is 17.7 Å². The molecule has 33 heavy (non-hydrogen) atoms. The predicted molar refractivity (Wildman–Crippen MR) is 136 cm³/mol. The summed E-state index contributed by atoms with van der Waals surface area (Å²) in [7, 11) is 0. The van der Waals surface area contributed by atoms with Crippen molar-refractivity contribution in [2.45, 2.75) is 58.8 Å². The van der Waals surface area contributed by atoms with E-state index in [0.717, 1.165) is 24.2 Å². The summed E-state index contributed by atoms with van der Waals surface area (Å²) in [4.78, 5) is 19.6. The van der Waals surface area contributed by atoms with Gasteiger partial charge in [0.15, 0.2) is 0 Å². The fraction of sp³-hybridized carbons (Fsp3) is 0.464. The van der Waals surface area contributed by atoms with E-state index in [9.17, 15) is 9.90 Å². The van der Waals surface area contributed by atoms with Crippen LogP contribution in [0.4, 0.5) is 0 Å². The van der Waals surface area contributed by atoms with Crippen molar-refractivity contribution in [1.29, 1.82) is 0 Å². The molecule has 0 aromatic heterocycles. The summed E-state index contributed by atoms with van der Waals surface area (Å²) < 4.78 is 0. The Hall–Kier alpha value is -2.63. The van der Waals surface area contributed by atoms with Crippen molar-refractivity contribution in [2.75, 3.05) is 26.2 Å². The minimum absolute atomic E-state index is 0.000734. The molecule has 1 heterocycles. The van der Waals surface area contributed by atoms with E-state index < -0.39 is 0 Å². The van der Waals surface area contributed by atoms with Crippen LogP contribution in [-0.2, 0) is 0 Å². The molecule has 1 aliphatic heterocycles. The van der Waals surface area contributed by atoms with Gasteiger partial charge in [0.25, 0.3) is 5.91 Å². The average Bonchev–Trinajstić information content (AvgIpc) is 2.80. The van der Waals surface area contributed by atoms with E-state index in [1.807, 2.05) is 49.1 Å². The van der Waals surface area contributed by atoms with Crippen molar-refractivity contribution < 1.29 is 9.90 Å². The van der Waals surface area contributed by atoms with E-state index in [1.54, 1.807) is 6.07 Å². The number of phenolic OH excluding ortho intramolecular Hbond substituents is 1. The van der Waals surface area contributed by atoms with E-state index in [1.165, 1.54) is 0 Å². The van der Waals surface area contributed by atoms with Gasteiger partial charge in [0.1, 0.15) is 5.75 Å². The number of amides is 1. The van der Waals surface area contributed by atoms with Crippen LogP contribution >= 0.6 is 0 Å². The molecule has 4 atom stereocenters. The maximum atomic E-state index is 12.8. The average molecular weight is 450 g/mol. The molecule has 178 valence electrons. The molecule has 1 saturated heterocycles. The topological polar surface area (TPSA) is 47.0 Å². The van der Waals surface area contributed by atoms with Gasteiger partial charge in [-0.05, 0) is 70.0 Å². The molecule has 1 fully saturated rings. The number of hydrogen-bond donors (Lipinski definition) is 1. The molecule has 0 spiro atoms. The highest BCUT2D eigenvalue weighted by molar-refractivity contribution is 5.94. The monoisotopic (exact) mass is 449 g/mol. The number of phenols is 1. The van der Waals surface area contributed by atoms with E-state index in [2.05, 4.69) is 55.3 Å². The Morgan fingerprint density at radius 3 is 2.21 bits per heavy atom. The molecule has 4 unspecified atom stereocenters. The van der Waals surface area contributed by atoms with E-state index in [0.29, 0.717) is 36.8 Å². The lowest BCUT2D eigenvalue weighted by Crippen LogP contribution is -2.59. The number of rotatable bonds is 8. The van der Waals surface area contributed by atoms with Gasteiger partial charge in [-0.2, -0.15) is 0 Å². The molecule has 1 amide bonds. The summed E-state index contributed by atoms with van der Waals surface area (Å²) in [6.07, 6.45) is 2.01. The quantitative estimate of drug-likeness (QED) is 0.581. The van der Waals surface area contributed by atoms with Crippen LogP contribution in [0, 0.1) is 0 Å². The molecule has 0 bridgehead atoms. The van der Waals surface area contributed by atoms with Gasteiger partial charge < -0.3 is 10.0 Å². The van der Waals surface area contributed by atoms with Crippen LogP contribution in [0.15, 0.2) is 61.2 Å². The highest BCUT2D eigenvalue weighted by Gasteiger charge is 2.35. The summed E-state index contributed by atoms with van der Waals surface area (Å²) in [5.41, 5.74) is 2.90. The van der Waals surface area contributed by atoms with Gasteiger partial charge in [0.05, 0.1) is 6.04 Å². The normalized spacial score (nSPS) is 21.4. The zero-order chi connectivity index (χ0) is 24.1. The first-order valence-corrected chi connectivity index (χ1v) is 12.1. The molecule has 5 nitrogen and oxygen atoms in total. The van der Waals surface area contributed by atoms with Gasteiger partial charge in [0.2, 0.25) is 0 Å². The van der Waals surface area contributed by atoms with E-state index in [4.69, 9.17) is 0 Å². The van der Waals surface area contributed by atoms with Gasteiger partial charge in [-0.15, -0.1) is 6.58 Å². The Labute approximate surface area is 199 Å². The molecule has 2 aromatic rings. The van der Waals surface area contributed by atoms with Crippen LogP contribution in [0.2, 0.25) is 0 Å². The van der Waals surface area contributed by atoms with Crippen LogP contribution < -0.4 is 0 Å². The SMILES string of the molecule is C=CC(C)N1C(C)CN(C(c2ccc(C(=O)N(CC)CC)cc2)c2cccc(O)c2)CC1C. The van der Waals surface area contributed by atoms with Gasteiger partial charge in [-0.3, -0.25) is 14.6 Å². The van der Waals surface area contributed by atoms with Crippen LogP contribution in [0.25, 0.3) is 0 Å². The zero-order valence-electron chi connectivity index (χ0n) is 20.7. The Morgan fingerprint density at radius 1 is 1.09 bits per heavy atom. The first kappa shape index (κ1) is 25.0. The largest absolute Gasteiger partial charge is 0.508 e. The third-order valence-corrected chi connectivity index (χ3v) is 6.90. The smallest absolute Gasteiger partial charge is 0.253 e. The summed E-state index contributed by atoms with van der Waals surface area (Å²) in [5.74, 6) is 0.334. The lowest BCUT2D eigenvalue weighted by atomic mass is 9.93. The lowest BCUT2D eigenvalue weighted by Gasteiger charge is -2.49. The molecule has 3 rings (SSSR count). The number of piperazine rings is 1. The molecule has 1 aliphatic rings. The maximum Gasteiger partial charge on any atom is 0.253 e. The Morgan fingerprint density at radius 2 is 1.70 bits per heavy atom. The van der Waals surface area contributed by atoms with Crippen molar-refractivity contribution in [2.24, 2.45) is 0 Å². The number of nitrogens with zero attached hydrogens (tertiary/aromatic N) is 3. The third-order valence-electron chi connectivity index (χ3n) is 6.90. The summed E-state index contributed by atoms with van der Waals surface area (Å²) in [5, 5.41) is 10.2. The number of carbonyl (C=O) groups is 1. The standard InChI is InChI=1S/C28H39N3O2/c1-7-20(4)31-21(5)18-30(19-22(31)6)27(25-11-10-12-26(32)17-25)23-13-15-24(16-14-23)28(33)29(8-2)9-3/h7,10-17,20-22,27,32H,1,8-9,18-19H2,2-6H3. The number of carbonyl (C=O) groups excluding carboxylic acids is 1. The van der Waals surface area contributed by atoms with Crippen molar-refractivity contribution in [3.8, 4) is 5.75 Å². The molecule has 5 heteroatoms. The van der Waals surface area contributed by atoms with Crippen molar-refractivity contribution in [3.05, 3.63) is 77.9 Å². The van der Waals surface area contributed by atoms with Gasteiger partial charge in [-0.25, -0.2) is 0 Å². The summed E-state index contributed by atoms with van der Waals surface area (Å²) in [6, 6.07) is 16.6.